The summed E-state index contributed by atoms with van der Waals surface area (Å²) in [5.74, 6) is 0.657. The molecular formula is C15H25NO2S. The van der Waals surface area contributed by atoms with Gasteiger partial charge in [-0.15, -0.1) is 11.8 Å². The number of rotatable bonds is 7. The predicted octanol–water partition coefficient (Wildman–Crippen LogP) is 2.67. The van der Waals surface area contributed by atoms with Crippen LogP contribution in [0.15, 0.2) is 29.2 Å². The van der Waals surface area contributed by atoms with Crippen LogP contribution in [0.4, 0.5) is 0 Å². The molecule has 1 atom stereocenters. The summed E-state index contributed by atoms with van der Waals surface area (Å²) in [5.41, 5.74) is 1.39. The molecule has 3 nitrogen and oxygen atoms in total. The minimum absolute atomic E-state index is 0.123. The first-order valence-corrected chi connectivity index (χ1v) is 7.53. The number of aliphatic hydroxyl groups excluding tert-OH is 1. The van der Waals surface area contributed by atoms with Gasteiger partial charge >= 0.3 is 0 Å². The predicted molar refractivity (Wildman–Crippen MR) is 81.6 cm³/mol. The molecule has 4 heteroatoms. The summed E-state index contributed by atoms with van der Waals surface area (Å²) >= 11 is 1.66. The highest BCUT2D eigenvalue weighted by atomic mass is 32.2. The van der Waals surface area contributed by atoms with Gasteiger partial charge in [-0.05, 0) is 38.5 Å². The summed E-state index contributed by atoms with van der Waals surface area (Å²) in [6.45, 7) is 7.73. The zero-order chi connectivity index (χ0) is 14.3. The van der Waals surface area contributed by atoms with E-state index < -0.39 is 6.10 Å². The van der Waals surface area contributed by atoms with E-state index in [4.69, 9.17) is 4.74 Å². The molecule has 0 radical (unpaired) electrons. The molecule has 1 rings (SSSR count). The number of ether oxygens (including phenoxy) is 1. The summed E-state index contributed by atoms with van der Waals surface area (Å²) in [4.78, 5) is 1.18. The van der Waals surface area contributed by atoms with Gasteiger partial charge in [0.2, 0.25) is 0 Å². The lowest BCUT2D eigenvalue weighted by molar-refractivity contribution is 0.0794. The first kappa shape index (κ1) is 16.5. The van der Waals surface area contributed by atoms with Crippen molar-refractivity contribution in [2.24, 2.45) is 0 Å². The standard InChI is InChI=1S/C15H25NO2S/c1-15(2,3)16-9-12-6-5-7-14(8-12)19-11-13(17)10-18-4/h5-8,13,16-17H,9-11H2,1-4H3. The van der Waals surface area contributed by atoms with Gasteiger partial charge in [-0.2, -0.15) is 0 Å². The van der Waals surface area contributed by atoms with Gasteiger partial charge in [-0.1, -0.05) is 12.1 Å². The average molecular weight is 283 g/mol. The maximum Gasteiger partial charge on any atom is 0.0867 e. The zero-order valence-corrected chi connectivity index (χ0v) is 13.1. The van der Waals surface area contributed by atoms with E-state index in [1.165, 1.54) is 10.5 Å². The van der Waals surface area contributed by atoms with Crippen LogP contribution < -0.4 is 5.32 Å². The average Bonchev–Trinajstić information content (AvgIpc) is 2.34. The van der Waals surface area contributed by atoms with Crippen molar-refractivity contribution in [1.29, 1.82) is 0 Å². The summed E-state index contributed by atoms with van der Waals surface area (Å²) in [6, 6.07) is 8.42. The van der Waals surface area contributed by atoms with Gasteiger partial charge in [0.25, 0.3) is 0 Å². The van der Waals surface area contributed by atoms with E-state index in [1.54, 1.807) is 18.9 Å². The Morgan fingerprint density at radius 2 is 2.11 bits per heavy atom. The highest BCUT2D eigenvalue weighted by molar-refractivity contribution is 7.99. The molecule has 0 aliphatic carbocycles. The van der Waals surface area contributed by atoms with Gasteiger partial charge in [-0.25, -0.2) is 0 Å². The Bertz CT molecular complexity index is 377. The van der Waals surface area contributed by atoms with Crippen LogP contribution in [0.3, 0.4) is 0 Å². The van der Waals surface area contributed by atoms with Gasteiger partial charge in [0.1, 0.15) is 0 Å². The van der Waals surface area contributed by atoms with E-state index >= 15 is 0 Å². The molecule has 1 aromatic rings. The van der Waals surface area contributed by atoms with E-state index in [-0.39, 0.29) is 5.54 Å². The SMILES string of the molecule is COCC(O)CSc1cccc(CNC(C)(C)C)c1. The first-order valence-electron chi connectivity index (χ1n) is 6.54. The maximum absolute atomic E-state index is 9.63. The van der Waals surface area contributed by atoms with Gasteiger partial charge in [0.05, 0.1) is 12.7 Å². The van der Waals surface area contributed by atoms with E-state index in [0.29, 0.717) is 12.4 Å². The van der Waals surface area contributed by atoms with Crippen LogP contribution in [0.5, 0.6) is 0 Å². The quantitative estimate of drug-likeness (QED) is 0.755. The summed E-state index contributed by atoms with van der Waals surface area (Å²) in [5, 5.41) is 13.1. The second-order valence-electron chi connectivity index (χ2n) is 5.67. The highest BCUT2D eigenvalue weighted by Crippen LogP contribution is 2.20. The molecule has 0 heterocycles. The minimum Gasteiger partial charge on any atom is -0.390 e. The summed E-state index contributed by atoms with van der Waals surface area (Å²) in [6.07, 6.45) is -0.411. The van der Waals surface area contributed by atoms with Gasteiger partial charge < -0.3 is 15.2 Å². The van der Waals surface area contributed by atoms with Crippen molar-refractivity contribution < 1.29 is 9.84 Å². The Balaban J connectivity index is 2.48. The Labute approximate surface area is 120 Å². The van der Waals surface area contributed by atoms with E-state index in [9.17, 15) is 5.11 Å². The molecule has 0 saturated carbocycles. The van der Waals surface area contributed by atoms with Crippen LogP contribution in [0.25, 0.3) is 0 Å². The number of thioether (sulfide) groups is 1. The third kappa shape index (κ3) is 7.57. The Morgan fingerprint density at radius 1 is 1.37 bits per heavy atom. The zero-order valence-electron chi connectivity index (χ0n) is 12.3. The first-order chi connectivity index (χ1) is 8.90. The third-order valence-electron chi connectivity index (χ3n) is 2.52. The Hall–Kier alpha value is -0.550. The summed E-state index contributed by atoms with van der Waals surface area (Å²) < 4.78 is 4.92. The van der Waals surface area contributed by atoms with Crippen molar-refractivity contribution in [3.05, 3.63) is 29.8 Å². The monoisotopic (exact) mass is 283 g/mol. The minimum atomic E-state index is -0.411. The van der Waals surface area contributed by atoms with E-state index in [0.717, 1.165) is 6.54 Å². The molecule has 0 aromatic heterocycles. The molecule has 0 bridgehead atoms. The molecule has 108 valence electrons. The number of nitrogens with one attached hydrogen (secondary N) is 1. The molecule has 1 aromatic carbocycles. The van der Waals surface area contributed by atoms with Crippen LogP contribution in [-0.4, -0.2) is 36.2 Å². The van der Waals surface area contributed by atoms with Gasteiger partial charge in [-0.3, -0.25) is 0 Å². The van der Waals surface area contributed by atoms with Crippen LogP contribution in [0, 0.1) is 0 Å². The number of benzene rings is 1. The molecule has 1 unspecified atom stereocenters. The lowest BCUT2D eigenvalue weighted by Gasteiger charge is -2.20. The van der Waals surface area contributed by atoms with Crippen molar-refractivity contribution >= 4 is 11.8 Å². The van der Waals surface area contributed by atoms with Crippen molar-refractivity contribution in [2.75, 3.05) is 19.5 Å². The Morgan fingerprint density at radius 3 is 2.74 bits per heavy atom. The molecule has 0 fully saturated rings. The molecule has 0 aliphatic rings. The molecule has 19 heavy (non-hydrogen) atoms. The van der Waals surface area contributed by atoms with Crippen molar-refractivity contribution in [1.82, 2.24) is 5.32 Å². The summed E-state index contributed by atoms with van der Waals surface area (Å²) in [7, 11) is 1.60. The molecule has 0 aliphatic heterocycles. The fraction of sp³-hybridized carbons (Fsp3) is 0.600. The maximum atomic E-state index is 9.63. The number of hydrogen-bond acceptors (Lipinski definition) is 4. The van der Waals surface area contributed by atoms with Crippen molar-refractivity contribution in [2.45, 2.75) is 43.9 Å². The second-order valence-corrected chi connectivity index (χ2v) is 6.76. The van der Waals surface area contributed by atoms with Gasteiger partial charge in [0, 0.05) is 29.8 Å². The van der Waals surface area contributed by atoms with Crippen LogP contribution in [0.1, 0.15) is 26.3 Å². The Kier molecular flexibility index (Phi) is 6.86. The third-order valence-corrected chi connectivity index (χ3v) is 3.66. The lowest BCUT2D eigenvalue weighted by Crippen LogP contribution is -2.35. The van der Waals surface area contributed by atoms with Crippen molar-refractivity contribution in [3.8, 4) is 0 Å². The largest absolute Gasteiger partial charge is 0.390 e. The normalized spacial score (nSPS) is 13.5. The molecule has 0 amide bonds. The fourth-order valence-electron chi connectivity index (χ4n) is 1.55. The van der Waals surface area contributed by atoms with Crippen LogP contribution in [-0.2, 0) is 11.3 Å². The van der Waals surface area contributed by atoms with E-state index in [1.807, 2.05) is 0 Å². The van der Waals surface area contributed by atoms with E-state index in [2.05, 4.69) is 50.4 Å². The number of methoxy groups -OCH3 is 1. The topological polar surface area (TPSA) is 41.5 Å². The molecule has 2 N–H and O–H groups in total. The number of aliphatic hydroxyl groups is 1. The molecular weight excluding hydrogens is 258 g/mol. The molecule has 0 spiro atoms. The second kappa shape index (κ2) is 7.90. The number of hydrogen-bond donors (Lipinski definition) is 2. The molecule has 0 saturated heterocycles. The highest BCUT2D eigenvalue weighted by Gasteiger charge is 2.09. The fourth-order valence-corrected chi connectivity index (χ4v) is 2.44. The smallest absolute Gasteiger partial charge is 0.0867 e. The van der Waals surface area contributed by atoms with Gasteiger partial charge in [0.15, 0.2) is 0 Å². The van der Waals surface area contributed by atoms with Crippen LogP contribution in [0.2, 0.25) is 0 Å². The van der Waals surface area contributed by atoms with Crippen molar-refractivity contribution in [3.63, 3.8) is 0 Å². The lowest BCUT2D eigenvalue weighted by atomic mass is 10.1. The van der Waals surface area contributed by atoms with Crippen LogP contribution >= 0.6 is 11.8 Å².